The van der Waals surface area contributed by atoms with Gasteiger partial charge in [0.2, 0.25) is 0 Å². The number of allylic oxidation sites excluding steroid dienone is 2. The highest BCUT2D eigenvalue weighted by Crippen LogP contribution is 2.20. The fourth-order valence-electron chi connectivity index (χ4n) is 3.15. The molecule has 0 aliphatic carbocycles. The maximum Gasteiger partial charge on any atom is 0.185 e. The first kappa shape index (κ1) is 24.5. The number of nitrogens with one attached hydrogen (secondary N) is 2. The molecule has 2 aromatic rings. The Bertz CT molecular complexity index is 795. The lowest BCUT2D eigenvalue weighted by molar-refractivity contribution is 0.414. The highest BCUT2D eigenvalue weighted by atomic mass is 16.5. The zero-order valence-corrected chi connectivity index (χ0v) is 19.4. The first-order valence-electron chi connectivity index (χ1n) is 11.3. The molecule has 0 amide bonds. The van der Waals surface area contributed by atoms with Gasteiger partial charge in [0.25, 0.3) is 0 Å². The van der Waals surface area contributed by atoms with E-state index in [1.54, 1.807) is 14.2 Å². The molecule has 4 nitrogen and oxygen atoms in total. The number of ether oxygens (including phenoxy) is 2. The number of methoxy groups -OCH3 is 2. The summed E-state index contributed by atoms with van der Waals surface area (Å²) in [6, 6.07) is 16.4. The van der Waals surface area contributed by atoms with E-state index in [0.29, 0.717) is 0 Å². The van der Waals surface area contributed by atoms with Crippen molar-refractivity contribution in [2.45, 2.75) is 45.6 Å². The van der Waals surface area contributed by atoms with Crippen molar-refractivity contribution >= 4 is 5.70 Å². The van der Waals surface area contributed by atoms with Gasteiger partial charge in [0.1, 0.15) is 11.5 Å². The van der Waals surface area contributed by atoms with E-state index in [0.717, 1.165) is 55.1 Å². The number of hydrogen-bond acceptors (Lipinski definition) is 4. The maximum atomic E-state index is 5.30. The molecule has 0 bridgehead atoms. The van der Waals surface area contributed by atoms with E-state index < -0.39 is 0 Å². The molecule has 2 aromatic carbocycles. The van der Waals surface area contributed by atoms with Crippen LogP contribution >= 0.6 is 0 Å². The molecule has 0 saturated carbocycles. The van der Waals surface area contributed by atoms with Gasteiger partial charge in [-0.3, -0.25) is 0 Å². The van der Waals surface area contributed by atoms with Crippen molar-refractivity contribution in [3.05, 3.63) is 77.9 Å². The van der Waals surface area contributed by atoms with Gasteiger partial charge in [-0.1, -0.05) is 38.8 Å². The highest BCUT2D eigenvalue weighted by molar-refractivity contribution is 5.65. The van der Waals surface area contributed by atoms with Crippen LogP contribution in [-0.2, 0) is 0 Å². The van der Waals surface area contributed by atoms with Gasteiger partial charge in [-0.2, -0.15) is 0 Å². The molecule has 0 aliphatic heterocycles. The van der Waals surface area contributed by atoms with Crippen molar-refractivity contribution in [1.82, 2.24) is 10.6 Å². The van der Waals surface area contributed by atoms with Crippen molar-refractivity contribution in [2.75, 3.05) is 27.3 Å². The molecule has 0 aromatic heterocycles. The number of hydrogen-bond donors (Lipinski definition) is 2. The van der Waals surface area contributed by atoms with E-state index in [2.05, 4.69) is 60.9 Å². The van der Waals surface area contributed by atoms with E-state index in [1.807, 2.05) is 30.3 Å². The topological polar surface area (TPSA) is 42.5 Å². The smallest absolute Gasteiger partial charge is 0.185 e. The van der Waals surface area contributed by atoms with Crippen LogP contribution in [-0.4, -0.2) is 27.3 Å². The normalized spacial score (nSPS) is 12.5. The fourth-order valence-corrected chi connectivity index (χ4v) is 3.15. The summed E-state index contributed by atoms with van der Waals surface area (Å²) in [5, 5.41) is 7.19. The lowest BCUT2D eigenvalue weighted by atomic mass is 10.1. The molecule has 0 saturated heterocycles. The summed E-state index contributed by atoms with van der Waals surface area (Å²) in [5.41, 5.74) is 3.38. The molecule has 0 aliphatic rings. The van der Waals surface area contributed by atoms with Crippen molar-refractivity contribution < 1.29 is 9.47 Å². The maximum absolute atomic E-state index is 5.30. The van der Waals surface area contributed by atoms with Crippen LogP contribution < -0.4 is 20.1 Å². The van der Waals surface area contributed by atoms with Crippen LogP contribution in [0.15, 0.2) is 60.7 Å². The third-order valence-corrected chi connectivity index (χ3v) is 5.11. The summed E-state index contributed by atoms with van der Waals surface area (Å²) in [5.74, 6) is 1.72. The SMILES string of the molecule is CCCCN/C(=C\[C+]=CC(NCCCC)c1ccc(OC)cc1)c1ccc(OC)cc1. The zero-order chi connectivity index (χ0) is 22.3. The molecule has 2 rings (SSSR count). The molecular weight excluding hydrogens is 384 g/mol. The molecular formula is C27H37N2O2+. The van der Waals surface area contributed by atoms with Crippen molar-refractivity contribution in [3.63, 3.8) is 0 Å². The standard InChI is InChI=1S/C27H37N2O2/c1-5-7-20-28-26(22-12-16-24(30-3)17-13-22)10-9-11-27(29-21-8-6-2)23-14-18-25(31-4)19-15-23/h10-19,26,28-29H,5-8,20-21H2,1-4H3/q+1/b27-11-. The summed E-state index contributed by atoms with van der Waals surface area (Å²) in [6.45, 7) is 6.31. The van der Waals surface area contributed by atoms with Gasteiger partial charge in [-0.25, -0.2) is 0 Å². The molecule has 166 valence electrons. The Hall–Kier alpha value is -2.81. The van der Waals surface area contributed by atoms with Gasteiger partial charge in [-0.15, -0.1) is 0 Å². The van der Waals surface area contributed by atoms with E-state index in [9.17, 15) is 0 Å². The van der Waals surface area contributed by atoms with Crippen molar-refractivity contribution in [2.24, 2.45) is 0 Å². The minimum atomic E-state index is 0.0986. The first-order chi connectivity index (χ1) is 15.2. The van der Waals surface area contributed by atoms with Gasteiger partial charge in [-0.05, 0) is 61.3 Å². The van der Waals surface area contributed by atoms with E-state index in [1.165, 1.54) is 12.0 Å². The summed E-state index contributed by atoms with van der Waals surface area (Å²) >= 11 is 0. The van der Waals surface area contributed by atoms with Gasteiger partial charge in [0, 0.05) is 6.54 Å². The Kier molecular flexibility index (Phi) is 11.2. The van der Waals surface area contributed by atoms with Crippen LogP contribution in [0.25, 0.3) is 5.70 Å². The lowest BCUT2D eigenvalue weighted by Gasteiger charge is -2.13. The Morgan fingerprint density at radius 3 is 2.03 bits per heavy atom. The molecule has 1 atom stereocenters. The largest absolute Gasteiger partial charge is 0.497 e. The minimum Gasteiger partial charge on any atom is -0.497 e. The van der Waals surface area contributed by atoms with Crippen LogP contribution in [0, 0.1) is 6.08 Å². The second-order valence-corrected chi connectivity index (χ2v) is 7.46. The van der Waals surface area contributed by atoms with Crippen LogP contribution in [0.5, 0.6) is 11.5 Å². The third kappa shape index (κ3) is 8.45. The quantitative estimate of drug-likeness (QED) is 0.226. The van der Waals surface area contributed by atoms with Crippen molar-refractivity contribution in [3.8, 4) is 11.5 Å². The Morgan fingerprint density at radius 1 is 0.871 bits per heavy atom. The molecule has 0 fully saturated rings. The lowest BCUT2D eigenvalue weighted by Crippen LogP contribution is -2.20. The third-order valence-electron chi connectivity index (χ3n) is 5.11. The summed E-state index contributed by atoms with van der Waals surface area (Å²) < 4.78 is 10.6. The van der Waals surface area contributed by atoms with Gasteiger partial charge in [0.05, 0.1) is 38.0 Å². The zero-order valence-electron chi connectivity index (χ0n) is 19.4. The number of rotatable bonds is 14. The molecule has 0 spiro atoms. The number of unbranched alkanes of at least 4 members (excludes halogenated alkanes) is 2. The molecule has 0 heterocycles. The van der Waals surface area contributed by atoms with Gasteiger partial charge < -0.3 is 20.1 Å². The molecule has 0 radical (unpaired) electrons. The molecule has 4 heteroatoms. The van der Waals surface area contributed by atoms with Crippen LogP contribution in [0.1, 0.15) is 56.7 Å². The average molecular weight is 422 g/mol. The fraction of sp³-hybridized carbons (Fsp3) is 0.407. The average Bonchev–Trinajstić information content (AvgIpc) is 2.82. The highest BCUT2D eigenvalue weighted by Gasteiger charge is 2.12. The second kappa shape index (κ2) is 14.2. The molecule has 2 N–H and O–H groups in total. The minimum absolute atomic E-state index is 0.0986. The van der Waals surface area contributed by atoms with E-state index in [4.69, 9.17) is 9.47 Å². The second-order valence-electron chi connectivity index (χ2n) is 7.46. The van der Waals surface area contributed by atoms with E-state index in [-0.39, 0.29) is 6.04 Å². The predicted molar refractivity (Wildman–Crippen MR) is 130 cm³/mol. The van der Waals surface area contributed by atoms with Crippen molar-refractivity contribution in [1.29, 1.82) is 0 Å². The number of benzene rings is 2. The molecule has 31 heavy (non-hydrogen) atoms. The summed E-state index contributed by atoms with van der Waals surface area (Å²) in [7, 11) is 3.38. The first-order valence-corrected chi connectivity index (χ1v) is 11.3. The van der Waals surface area contributed by atoms with Gasteiger partial charge >= 0.3 is 0 Å². The Morgan fingerprint density at radius 2 is 1.45 bits per heavy atom. The van der Waals surface area contributed by atoms with E-state index >= 15 is 0 Å². The van der Waals surface area contributed by atoms with Crippen LogP contribution in [0.3, 0.4) is 0 Å². The summed E-state index contributed by atoms with van der Waals surface area (Å²) in [4.78, 5) is 0. The Balaban J connectivity index is 2.21. The van der Waals surface area contributed by atoms with Gasteiger partial charge in [0.15, 0.2) is 11.8 Å². The summed E-state index contributed by atoms with van der Waals surface area (Å²) in [6.07, 6.45) is 12.2. The monoisotopic (exact) mass is 421 g/mol. The van der Waals surface area contributed by atoms with Crippen LogP contribution in [0.2, 0.25) is 0 Å². The van der Waals surface area contributed by atoms with Crippen LogP contribution in [0.4, 0.5) is 0 Å². The Labute approximate surface area is 188 Å². The predicted octanol–water partition coefficient (Wildman–Crippen LogP) is 5.92. The molecule has 1 unspecified atom stereocenters.